The van der Waals surface area contributed by atoms with Gasteiger partial charge in [0.25, 0.3) is 5.91 Å². The first-order valence-corrected chi connectivity index (χ1v) is 5.73. The van der Waals surface area contributed by atoms with Crippen molar-refractivity contribution < 1.29 is 13.6 Å². The molecule has 0 saturated carbocycles. The lowest BCUT2D eigenvalue weighted by Gasteiger charge is -2.05. The van der Waals surface area contributed by atoms with Crippen LogP contribution in [0.2, 0.25) is 0 Å². The molecular weight excluding hydrogens is 233 g/mol. The third-order valence-electron chi connectivity index (χ3n) is 2.66. The maximum absolute atomic E-state index is 13.1. The Morgan fingerprint density at radius 2 is 2.22 bits per heavy atom. The second kappa shape index (κ2) is 5.49. The van der Waals surface area contributed by atoms with Crippen LogP contribution in [0.25, 0.3) is 0 Å². The summed E-state index contributed by atoms with van der Waals surface area (Å²) in [4.78, 5) is 11.8. The van der Waals surface area contributed by atoms with Crippen molar-refractivity contribution in [2.75, 3.05) is 6.54 Å². The predicted molar refractivity (Wildman–Crippen MR) is 65.9 cm³/mol. The van der Waals surface area contributed by atoms with Crippen LogP contribution in [0.1, 0.15) is 21.7 Å². The fourth-order valence-electron chi connectivity index (χ4n) is 1.64. The van der Waals surface area contributed by atoms with Gasteiger partial charge in [-0.05, 0) is 42.8 Å². The van der Waals surface area contributed by atoms with Crippen molar-refractivity contribution in [3.05, 3.63) is 59.3 Å². The minimum atomic E-state index is -0.304. The highest BCUT2D eigenvalue weighted by Gasteiger charge is 2.07. The number of benzene rings is 1. The second-order valence-corrected chi connectivity index (χ2v) is 4.05. The summed E-state index contributed by atoms with van der Waals surface area (Å²) in [6, 6.07) is 7.98. The normalized spacial score (nSPS) is 10.3. The Bertz CT molecular complexity index is 535. The number of amides is 1. The van der Waals surface area contributed by atoms with E-state index in [1.807, 2.05) is 6.07 Å². The first kappa shape index (κ1) is 12.4. The zero-order valence-corrected chi connectivity index (χ0v) is 10.1. The lowest BCUT2D eigenvalue weighted by molar-refractivity contribution is 0.0953. The van der Waals surface area contributed by atoms with Crippen molar-refractivity contribution >= 4 is 5.91 Å². The molecule has 18 heavy (non-hydrogen) atoms. The van der Waals surface area contributed by atoms with Crippen LogP contribution < -0.4 is 5.32 Å². The van der Waals surface area contributed by atoms with Gasteiger partial charge in [0.05, 0.1) is 6.26 Å². The molecular formula is C14H14FNO2. The van der Waals surface area contributed by atoms with Crippen molar-refractivity contribution in [2.24, 2.45) is 0 Å². The SMILES string of the molecule is Cc1cc(C(=O)NCCc2ccco2)ccc1F. The molecule has 2 aromatic rings. The Labute approximate surface area is 105 Å². The Hall–Kier alpha value is -2.10. The van der Waals surface area contributed by atoms with E-state index < -0.39 is 0 Å². The molecule has 94 valence electrons. The van der Waals surface area contributed by atoms with E-state index in [2.05, 4.69) is 5.32 Å². The van der Waals surface area contributed by atoms with E-state index in [0.29, 0.717) is 24.1 Å². The van der Waals surface area contributed by atoms with Crippen LogP contribution in [0, 0.1) is 12.7 Å². The average Bonchev–Trinajstić information content (AvgIpc) is 2.85. The molecule has 1 heterocycles. The molecule has 0 fully saturated rings. The van der Waals surface area contributed by atoms with Crippen molar-refractivity contribution in [3.63, 3.8) is 0 Å². The van der Waals surface area contributed by atoms with Crippen LogP contribution in [0.15, 0.2) is 41.0 Å². The van der Waals surface area contributed by atoms with Gasteiger partial charge in [-0.1, -0.05) is 0 Å². The zero-order valence-electron chi connectivity index (χ0n) is 10.1. The third-order valence-corrected chi connectivity index (χ3v) is 2.66. The van der Waals surface area contributed by atoms with Crippen LogP contribution in [0.5, 0.6) is 0 Å². The van der Waals surface area contributed by atoms with Gasteiger partial charge in [-0.15, -0.1) is 0 Å². The summed E-state index contributed by atoms with van der Waals surface area (Å²) < 4.78 is 18.2. The standard InChI is InChI=1S/C14H14FNO2/c1-10-9-11(4-5-13(10)15)14(17)16-7-6-12-3-2-8-18-12/h2-5,8-9H,6-7H2,1H3,(H,16,17). The minimum absolute atomic E-state index is 0.204. The first-order valence-electron chi connectivity index (χ1n) is 5.73. The monoisotopic (exact) mass is 247 g/mol. The predicted octanol–water partition coefficient (Wildman–Crippen LogP) is 2.70. The van der Waals surface area contributed by atoms with E-state index in [1.165, 1.54) is 18.2 Å². The van der Waals surface area contributed by atoms with Gasteiger partial charge in [0.2, 0.25) is 0 Å². The van der Waals surface area contributed by atoms with Gasteiger partial charge in [0.15, 0.2) is 0 Å². The molecule has 0 aliphatic heterocycles. The van der Waals surface area contributed by atoms with Crippen LogP contribution in [0.4, 0.5) is 4.39 Å². The Morgan fingerprint density at radius 1 is 1.39 bits per heavy atom. The molecule has 1 N–H and O–H groups in total. The second-order valence-electron chi connectivity index (χ2n) is 4.05. The molecule has 3 nitrogen and oxygen atoms in total. The molecule has 0 radical (unpaired) electrons. The smallest absolute Gasteiger partial charge is 0.251 e. The number of carbonyl (C=O) groups excluding carboxylic acids is 1. The van der Waals surface area contributed by atoms with Gasteiger partial charge in [-0.25, -0.2) is 4.39 Å². The van der Waals surface area contributed by atoms with E-state index in [0.717, 1.165) is 5.76 Å². The zero-order chi connectivity index (χ0) is 13.0. The van der Waals surface area contributed by atoms with E-state index >= 15 is 0 Å². The van der Waals surface area contributed by atoms with Crippen molar-refractivity contribution in [1.82, 2.24) is 5.32 Å². The molecule has 0 saturated heterocycles. The maximum Gasteiger partial charge on any atom is 0.251 e. The van der Waals surface area contributed by atoms with Gasteiger partial charge in [0.1, 0.15) is 11.6 Å². The lowest BCUT2D eigenvalue weighted by atomic mass is 10.1. The number of furan rings is 1. The number of hydrogen-bond acceptors (Lipinski definition) is 2. The number of carbonyl (C=O) groups is 1. The van der Waals surface area contributed by atoms with Gasteiger partial charge in [-0.2, -0.15) is 0 Å². The van der Waals surface area contributed by atoms with Crippen LogP contribution in [-0.2, 0) is 6.42 Å². The largest absolute Gasteiger partial charge is 0.469 e. The lowest BCUT2D eigenvalue weighted by Crippen LogP contribution is -2.25. The fraction of sp³-hybridized carbons (Fsp3) is 0.214. The molecule has 0 bridgehead atoms. The van der Waals surface area contributed by atoms with E-state index in [9.17, 15) is 9.18 Å². The van der Waals surface area contributed by atoms with Crippen LogP contribution >= 0.6 is 0 Å². The number of hydrogen-bond donors (Lipinski definition) is 1. The molecule has 0 aliphatic carbocycles. The highest BCUT2D eigenvalue weighted by Crippen LogP contribution is 2.09. The van der Waals surface area contributed by atoms with Crippen molar-refractivity contribution in [2.45, 2.75) is 13.3 Å². The summed E-state index contributed by atoms with van der Waals surface area (Å²) in [5.41, 5.74) is 0.932. The summed E-state index contributed by atoms with van der Waals surface area (Å²) in [6.07, 6.45) is 2.24. The summed E-state index contributed by atoms with van der Waals surface area (Å²) >= 11 is 0. The van der Waals surface area contributed by atoms with Gasteiger partial charge in [-0.3, -0.25) is 4.79 Å². The highest BCUT2D eigenvalue weighted by molar-refractivity contribution is 5.94. The van der Waals surface area contributed by atoms with Gasteiger partial charge < -0.3 is 9.73 Å². The van der Waals surface area contributed by atoms with Crippen molar-refractivity contribution in [1.29, 1.82) is 0 Å². The molecule has 1 amide bonds. The molecule has 0 unspecified atom stereocenters. The molecule has 4 heteroatoms. The van der Waals surface area contributed by atoms with Crippen molar-refractivity contribution in [3.8, 4) is 0 Å². The minimum Gasteiger partial charge on any atom is -0.469 e. The molecule has 0 atom stereocenters. The number of halogens is 1. The highest BCUT2D eigenvalue weighted by atomic mass is 19.1. The maximum atomic E-state index is 13.1. The molecule has 0 aliphatic rings. The Balaban J connectivity index is 1.89. The van der Waals surface area contributed by atoms with Gasteiger partial charge >= 0.3 is 0 Å². The molecule has 2 rings (SSSR count). The Morgan fingerprint density at radius 3 is 2.89 bits per heavy atom. The number of aryl methyl sites for hydroxylation is 1. The van der Waals surface area contributed by atoms with E-state index in [4.69, 9.17) is 4.42 Å². The molecule has 1 aromatic heterocycles. The van der Waals surface area contributed by atoms with E-state index in [-0.39, 0.29) is 11.7 Å². The first-order chi connectivity index (χ1) is 8.66. The Kier molecular flexibility index (Phi) is 3.77. The summed E-state index contributed by atoms with van der Waals surface area (Å²) in [5.74, 6) is 0.317. The topological polar surface area (TPSA) is 42.2 Å². The summed E-state index contributed by atoms with van der Waals surface area (Å²) in [6.45, 7) is 2.12. The van der Waals surface area contributed by atoms with E-state index in [1.54, 1.807) is 19.3 Å². The van der Waals surface area contributed by atoms with Crippen LogP contribution in [0.3, 0.4) is 0 Å². The quantitative estimate of drug-likeness (QED) is 0.902. The average molecular weight is 247 g/mol. The summed E-state index contributed by atoms with van der Waals surface area (Å²) in [7, 11) is 0. The molecule has 0 spiro atoms. The van der Waals surface area contributed by atoms with Gasteiger partial charge in [0, 0.05) is 18.5 Å². The number of rotatable bonds is 4. The fourth-order valence-corrected chi connectivity index (χ4v) is 1.64. The van der Waals surface area contributed by atoms with Crippen LogP contribution in [-0.4, -0.2) is 12.5 Å². The number of nitrogens with one attached hydrogen (secondary N) is 1. The molecule has 1 aromatic carbocycles. The third kappa shape index (κ3) is 2.97. The summed E-state index contributed by atoms with van der Waals surface area (Å²) in [5, 5.41) is 2.76.